The Morgan fingerprint density at radius 1 is 1.25 bits per heavy atom. The molecule has 24 heavy (non-hydrogen) atoms. The van der Waals surface area contributed by atoms with Gasteiger partial charge in [-0.2, -0.15) is 18.3 Å². The monoisotopic (exact) mass is 343 g/mol. The van der Waals surface area contributed by atoms with E-state index in [0.29, 0.717) is 5.56 Å². The molecule has 0 spiro atoms. The standard InChI is InChI=1S/C16H17F4N3O/c1-9(2)23-10(3)13(14(22-23)16(18,19)20)15(24)21-8-11-4-6-12(17)7-5-11/h4-7,9H,8H2,1-3H3,(H,21,24). The van der Waals surface area contributed by atoms with Crippen LogP contribution in [-0.4, -0.2) is 15.7 Å². The highest BCUT2D eigenvalue weighted by atomic mass is 19.4. The van der Waals surface area contributed by atoms with E-state index >= 15 is 0 Å². The van der Waals surface area contributed by atoms with E-state index in [9.17, 15) is 22.4 Å². The average molecular weight is 343 g/mol. The van der Waals surface area contributed by atoms with Crippen LogP contribution in [0.15, 0.2) is 24.3 Å². The van der Waals surface area contributed by atoms with Gasteiger partial charge in [-0.1, -0.05) is 12.1 Å². The summed E-state index contributed by atoms with van der Waals surface area (Å²) in [7, 11) is 0. The first-order valence-electron chi connectivity index (χ1n) is 7.30. The number of alkyl halides is 3. The fourth-order valence-electron chi connectivity index (χ4n) is 2.36. The molecule has 130 valence electrons. The molecular formula is C16H17F4N3O. The smallest absolute Gasteiger partial charge is 0.348 e. The molecule has 0 aliphatic carbocycles. The normalized spacial score (nSPS) is 11.8. The first-order chi connectivity index (χ1) is 11.1. The van der Waals surface area contributed by atoms with Gasteiger partial charge in [0.25, 0.3) is 5.91 Å². The molecule has 0 unspecified atom stereocenters. The molecule has 0 saturated carbocycles. The molecule has 1 aromatic carbocycles. The molecule has 0 fully saturated rings. The van der Waals surface area contributed by atoms with Crippen molar-refractivity contribution in [2.75, 3.05) is 0 Å². The van der Waals surface area contributed by atoms with Gasteiger partial charge >= 0.3 is 6.18 Å². The van der Waals surface area contributed by atoms with Crippen LogP contribution in [0.3, 0.4) is 0 Å². The second-order valence-corrected chi connectivity index (χ2v) is 5.65. The zero-order valence-corrected chi connectivity index (χ0v) is 13.4. The van der Waals surface area contributed by atoms with Crippen molar-refractivity contribution in [1.29, 1.82) is 0 Å². The van der Waals surface area contributed by atoms with E-state index < -0.39 is 29.2 Å². The number of carbonyl (C=O) groups is 1. The molecule has 0 aliphatic rings. The van der Waals surface area contributed by atoms with E-state index in [1.54, 1.807) is 13.8 Å². The maximum Gasteiger partial charge on any atom is 0.435 e. The van der Waals surface area contributed by atoms with Crippen LogP contribution in [0.4, 0.5) is 17.6 Å². The van der Waals surface area contributed by atoms with E-state index in [1.807, 2.05) is 0 Å². The second kappa shape index (κ2) is 6.62. The van der Waals surface area contributed by atoms with Crippen molar-refractivity contribution in [2.45, 2.75) is 39.5 Å². The van der Waals surface area contributed by atoms with Crippen LogP contribution >= 0.6 is 0 Å². The fourth-order valence-corrected chi connectivity index (χ4v) is 2.36. The summed E-state index contributed by atoms with van der Waals surface area (Å²) in [5.41, 5.74) is -0.968. The highest BCUT2D eigenvalue weighted by Crippen LogP contribution is 2.33. The van der Waals surface area contributed by atoms with Gasteiger partial charge in [-0.3, -0.25) is 9.48 Å². The number of carbonyl (C=O) groups excluding carboxylic acids is 1. The molecule has 1 N–H and O–H groups in total. The summed E-state index contributed by atoms with van der Waals surface area (Å²) in [6, 6.07) is 5.01. The van der Waals surface area contributed by atoms with E-state index in [0.717, 1.165) is 0 Å². The SMILES string of the molecule is Cc1c(C(=O)NCc2ccc(F)cc2)c(C(F)(F)F)nn1C(C)C. The van der Waals surface area contributed by atoms with Gasteiger partial charge in [-0.15, -0.1) is 0 Å². The van der Waals surface area contributed by atoms with Gasteiger partial charge in [0.2, 0.25) is 0 Å². The van der Waals surface area contributed by atoms with Crippen LogP contribution in [0.1, 0.15) is 47.2 Å². The summed E-state index contributed by atoms with van der Waals surface area (Å²) >= 11 is 0. The largest absolute Gasteiger partial charge is 0.435 e. The third-order valence-electron chi connectivity index (χ3n) is 3.50. The number of amides is 1. The van der Waals surface area contributed by atoms with E-state index in [-0.39, 0.29) is 18.3 Å². The average Bonchev–Trinajstić information content (AvgIpc) is 2.84. The molecule has 4 nitrogen and oxygen atoms in total. The molecule has 0 saturated heterocycles. The summed E-state index contributed by atoms with van der Waals surface area (Å²) in [6.45, 7) is 4.78. The molecular weight excluding hydrogens is 326 g/mol. The van der Waals surface area contributed by atoms with Crippen molar-refractivity contribution in [3.63, 3.8) is 0 Å². The lowest BCUT2D eigenvalue weighted by Crippen LogP contribution is -2.26. The predicted molar refractivity (Wildman–Crippen MR) is 79.9 cm³/mol. The van der Waals surface area contributed by atoms with Gasteiger partial charge in [-0.25, -0.2) is 4.39 Å². The predicted octanol–water partition coefficient (Wildman–Crippen LogP) is 3.86. The molecule has 1 amide bonds. The van der Waals surface area contributed by atoms with Gasteiger partial charge < -0.3 is 5.32 Å². The minimum Gasteiger partial charge on any atom is -0.348 e. The van der Waals surface area contributed by atoms with Crippen molar-refractivity contribution >= 4 is 5.91 Å². The van der Waals surface area contributed by atoms with Gasteiger partial charge in [0, 0.05) is 18.3 Å². The van der Waals surface area contributed by atoms with Crippen LogP contribution in [0.2, 0.25) is 0 Å². The molecule has 1 aromatic heterocycles. The number of hydrogen-bond donors (Lipinski definition) is 1. The summed E-state index contributed by atoms with van der Waals surface area (Å²) in [6.07, 6.45) is -4.73. The zero-order chi connectivity index (χ0) is 18.1. The molecule has 0 radical (unpaired) electrons. The molecule has 1 heterocycles. The molecule has 0 atom stereocenters. The fraction of sp³-hybridized carbons (Fsp3) is 0.375. The Hall–Kier alpha value is -2.38. The maximum absolute atomic E-state index is 13.2. The molecule has 2 aromatic rings. The van der Waals surface area contributed by atoms with Crippen LogP contribution < -0.4 is 5.32 Å². The zero-order valence-electron chi connectivity index (χ0n) is 13.4. The van der Waals surface area contributed by atoms with E-state index in [1.165, 1.54) is 35.9 Å². The number of nitrogens with zero attached hydrogens (tertiary/aromatic N) is 2. The lowest BCUT2D eigenvalue weighted by molar-refractivity contribution is -0.141. The number of aromatic nitrogens is 2. The highest BCUT2D eigenvalue weighted by molar-refractivity contribution is 5.96. The summed E-state index contributed by atoms with van der Waals surface area (Å²) in [4.78, 5) is 12.3. The summed E-state index contributed by atoms with van der Waals surface area (Å²) in [5.74, 6) is -1.30. The van der Waals surface area contributed by atoms with Crippen LogP contribution in [0.5, 0.6) is 0 Å². The first kappa shape index (κ1) is 18.0. The number of nitrogens with one attached hydrogen (secondary N) is 1. The minimum absolute atomic E-state index is 0.0112. The van der Waals surface area contributed by atoms with Crippen LogP contribution in [-0.2, 0) is 12.7 Å². The Bertz CT molecular complexity index is 733. The Balaban J connectivity index is 2.29. The number of halogens is 4. The number of rotatable bonds is 4. The third-order valence-corrected chi connectivity index (χ3v) is 3.50. The van der Waals surface area contributed by atoms with Crippen molar-refractivity contribution in [2.24, 2.45) is 0 Å². The molecule has 0 aliphatic heterocycles. The molecule has 2 rings (SSSR count). The van der Waals surface area contributed by atoms with Gasteiger partial charge in [0.1, 0.15) is 5.82 Å². The Kier molecular flexibility index (Phi) is 4.96. The van der Waals surface area contributed by atoms with Crippen LogP contribution in [0.25, 0.3) is 0 Å². The second-order valence-electron chi connectivity index (χ2n) is 5.65. The Labute approximate surface area is 136 Å². The molecule has 8 heteroatoms. The third kappa shape index (κ3) is 3.74. The van der Waals surface area contributed by atoms with Gasteiger partial charge in [-0.05, 0) is 38.5 Å². The Morgan fingerprint density at radius 2 is 1.83 bits per heavy atom. The highest BCUT2D eigenvalue weighted by Gasteiger charge is 2.40. The lowest BCUT2D eigenvalue weighted by Gasteiger charge is -2.09. The minimum atomic E-state index is -4.73. The number of hydrogen-bond acceptors (Lipinski definition) is 2. The van der Waals surface area contributed by atoms with Gasteiger partial charge in [0.05, 0.1) is 5.56 Å². The first-order valence-corrected chi connectivity index (χ1v) is 7.30. The lowest BCUT2D eigenvalue weighted by atomic mass is 10.1. The van der Waals surface area contributed by atoms with Crippen molar-refractivity contribution in [3.8, 4) is 0 Å². The number of benzene rings is 1. The quantitative estimate of drug-likeness (QED) is 0.857. The van der Waals surface area contributed by atoms with Gasteiger partial charge in [0.15, 0.2) is 5.69 Å². The van der Waals surface area contributed by atoms with Crippen molar-refractivity contribution in [3.05, 3.63) is 52.6 Å². The van der Waals surface area contributed by atoms with E-state index in [2.05, 4.69) is 10.4 Å². The van der Waals surface area contributed by atoms with Crippen LogP contribution in [0, 0.1) is 12.7 Å². The van der Waals surface area contributed by atoms with E-state index in [4.69, 9.17) is 0 Å². The maximum atomic E-state index is 13.2. The Morgan fingerprint density at radius 3 is 2.33 bits per heavy atom. The van der Waals surface area contributed by atoms with Crippen molar-refractivity contribution in [1.82, 2.24) is 15.1 Å². The summed E-state index contributed by atoms with van der Waals surface area (Å²) in [5, 5.41) is 5.97. The molecule has 0 bridgehead atoms. The van der Waals surface area contributed by atoms with Crippen molar-refractivity contribution < 1.29 is 22.4 Å². The topological polar surface area (TPSA) is 46.9 Å². The summed E-state index contributed by atoms with van der Waals surface area (Å²) < 4.78 is 53.5.